The van der Waals surface area contributed by atoms with E-state index < -0.39 is 5.97 Å². The summed E-state index contributed by atoms with van der Waals surface area (Å²) in [5.41, 5.74) is 3.45. The zero-order valence-corrected chi connectivity index (χ0v) is 16.3. The number of pyridine rings is 1. The summed E-state index contributed by atoms with van der Waals surface area (Å²) in [4.78, 5) is 23.2. The van der Waals surface area contributed by atoms with Gasteiger partial charge in [-0.15, -0.1) is 0 Å². The zero-order chi connectivity index (χ0) is 20.5. The van der Waals surface area contributed by atoms with Crippen LogP contribution in [0.25, 0.3) is 11.2 Å². The molecule has 1 aliphatic rings. The fourth-order valence-electron chi connectivity index (χ4n) is 3.27. The van der Waals surface area contributed by atoms with E-state index in [4.69, 9.17) is 16.3 Å². The van der Waals surface area contributed by atoms with E-state index in [9.17, 15) is 15.0 Å². The van der Waals surface area contributed by atoms with E-state index in [1.807, 2.05) is 18.2 Å². The molecule has 3 aromatic rings. The first-order chi connectivity index (χ1) is 13.9. The number of hydrogen-bond acceptors (Lipinski definition) is 5. The number of ether oxygens (including phenoxy) is 1. The lowest BCUT2D eigenvalue weighted by Crippen LogP contribution is -2.06. The number of fused-ring (bicyclic) bond motifs is 1. The Morgan fingerprint density at radius 3 is 2.93 bits per heavy atom. The lowest BCUT2D eigenvalue weighted by Gasteiger charge is -2.17. The number of allylic oxidation sites excluding steroid dienone is 3. The first-order valence-electron chi connectivity index (χ1n) is 8.99. The lowest BCUT2D eigenvalue weighted by molar-refractivity contribution is 0.0695. The molecule has 0 aliphatic heterocycles. The standard InChI is InChI=1S/C21H18ClN3O4/c1-11-5-6-14(8-15(11)20(27)28)29-21-23-17-9-16(22)18(24-19(17)25-21)13-4-2-3-12(7-13)10-26/h2-6,8-9,13,26H,7,10H2,1H3,(H,27,28)(H,23,24,25). The molecule has 0 amide bonds. The van der Waals surface area contributed by atoms with Crippen LogP contribution < -0.4 is 4.74 Å². The summed E-state index contributed by atoms with van der Waals surface area (Å²) in [7, 11) is 0. The molecule has 8 heteroatoms. The molecule has 2 heterocycles. The Hall–Kier alpha value is -3.16. The summed E-state index contributed by atoms with van der Waals surface area (Å²) in [6, 6.07) is 6.73. The highest BCUT2D eigenvalue weighted by molar-refractivity contribution is 6.31. The lowest BCUT2D eigenvalue weighted by atomic mass is 9.91. The quantitative estimate of drug-likeness (QED) is 0.575. The third kappa shape index (κ3) is 3.87. The maximum absolute atomic E-state index is 11.3. The number of imidazole rings is 1. The van der Waals surface area contributed by atoms with Crippen LogP contribution in [0, 0.1) is 6.92 Å². The molecule has 0 radical (unpaired) electrons. The predicted molar refractivity (Wildman–Crippen MR) is 109 cm³/mol. The smallest absolute Gasteiger partial charge is 0.336 e. The van der Waals surface area contributed by atoms with Crippen molar-refractivity contribution in [3.63, 3.8) is 0 Å². The number of rotatable bonds is 5. The van der Waals surface area contributed by atoms with Crippen LogP contribution in [0.5, 0.6) is 11.8 Å². The number of carboxylic acid groups (broad SMARTS) is 1. The minimum absolute atomic E-state index is 0.00399. The van der Waals surface area contributed by atoms with Crippen molar-refractivity contribution in [2.24, 2.45) is 0 Å². The Morgan fingerprint density at radius 2 is 2.17 bits per heavy atom. The third-order valence-electron chi connectivity index (χ3n) is 4.80. The highest BCUT2D eigenvalue weighted by atomic mass is 35.5. The largest absolute Gasteiger partial charge is 0.478 e. The van der Waals surface area contributed by atoms with Crippen LogP contribution in [0.2, 0.25) is 5.02 Å². The average molecular weight is 412 g/mol. The first-order valence-corrected chi connectivity index (χ1v) is 9.37. The topological polar surface area (TPSA) is 108 Å². The first kappa shape index (κ1) is 19.2. The SMILES string of the molecule is Cc1ccc(Oc2nc3nc(C4C=CC=C(CO)C4)c(Cl)cc3[nH]2)cc1C(=O)O. The molecule has 0 saturated carbocycles. The van der Waals surface area contributed by atoms with Crippen LogP contribution in [0.1, 0.15) is 34.0 Å². The molecule has 0 fully saturated rings. The number of nitrogens with one attached hydrogen (secondary N) is 1. The van der Waals surface area contributed by atoms with Gasteiger partial charge in [0.25, 0.3) is 0 Å². The molecule has 4 rings (SSSR count). The molecule has 3 N–H and O–H groups in total. The van der Waals surface area contributed by atoms with E-state index in [0.717, 1.165) is 5.57 Å². The van der Waals surface area contributed by atoms with Gasteiger partial charge in [0, 0.05) is 5.92 Å². The number of nitrogens with zero attached hydrogens (tertiary/aromatic N) is 2. The normalized spacial score (nSPS) is 16.1. The summed E-state index contributed by atoms with van der Waals surface area (Å²) in [5, 5.41) is 19.1. The molecule has 0 spiro atoms. The van der Waals surface area contributed by atoms with E-state index in [1.165, 1.54) is 6.07 Å². The van der Waals surface area contributed by atoms with Gasteiger partial charge in [0.1, 0.15) is 5.75 Å². The monoisotopic (exact) mass is 411 g/mol. The van der Waals surface area contributed by atoms with Crippen LogP contribution >= 0.6 is 11.6 Å². The summed E-state index contributed by atoms with van der Waals surface area (Å²) < 4.78 is 5.70. The maximum atomic E-state index is 11.3. The molecule has 0 bridgehead atoms. The fourth-order valence-corrected chi connectivity index (χ4v) is 3.57. The minimum atomic E-state index is -1.02. The molecule has 7 nitrogen and oxygen atoms in total. The van der Waals surface area contributed by atoms with Crippen LogP contribution in [0.3, 0.4) is 0 Å². The summed E-state index contributed by atoms with van der Waals surface area (Å²) in [6.45, 7) is 1.72. The number of aromatic carboxylic acids is 1. The second-order valence-corrected chi connectivity index (χ2v) is 7.24. The molecule has 1 atom stereocenters. The molecule has 1 unspecified atom stereocenters. The number of H-pyrrole nitrogens is 1. The van der Waals surface area contributed by atoms with Crippen molar-refractivity contribution in [1.82, 2.24) is 15.0 Å². The number of carbonyl (C=O) groups is 1. The van der Waals surface area contributed by atoms with Gasteiger partial charge in [0.15, 0.2) is 5.65 Å². The Kier molecular flexibility index (Phi) is 5.08. The molecule has 0 saturated heterocycles. The number of halogens is 1. The third-order valence-corrected chi connectivity index (χ3v) is 5.10. The van der Waals surface area contributed by atoms with Crippen molar-refractivity contribution in [2.45, 2.75) is 19.3 Å². The van der Waals surface area contributed by atoms with Gasteiger partial charge in [-0.1, -0.05) is 35.9 Å². The van der Waals surface area contributed by atoms with Crippen LogP contribution in [-0.2, 0) is 0 Å². The molecule has 1 aromatic carbocycles. The van der Waals surface area contributed by atoms with Crippen molar-refractivity contribution in [3.8, 4) is 11.8 Å². The number of aromatic nitrogens is 3. The van der Waals surface area contributed by atoms with Crippen molar-refractivity contribution in [1.29, 1.82) is 0 Å². The van der Waals surface area contributed by atoms with Gasteiger partial charge in [-0.25, -0.2) is 9.78 Å². The second kappa shape index (κ2) is 7.69. The number of aromatic amines is 1. The van der Waals surface area contributed by atoms with Gasteiger partial charge in [0.05, 0.1) is 28.4 Å². The van der Waals surface area contributed by atoms with E-state index in [-0.39, 0.29) is 24.1 Å². The van der Waals surface area contributed by atoms with E-state index in [0.29, 0.717) is 39.6 Å². The molecular formula is C21H18ClN3O4. The summed E-state index contributed by atoms with van der Waals surface area (Å²) in [5.74, 6) is -0.714. The second-order valence-electron chi connectivity index (χ2n) is 6.83. The molecular weight excluding hydrogens is 394 g/mol. The average Bonchev–Trinajstić information content (AvgIpc) is 3.09. The Morgan fingerprint density at radius 1 is 1.34 bits per heavy atom. The van der Waals surface area contributed by atoms with Gasteiger partial charge < -0.3 is 19.9 Å². The number of hydrogen-bond donors (Lipinski definition) is 3. The van der Waals surface area contributed by atoms with Crippen molar-refractivity contribution < 1.29 is 19.7 Å². The van der Waals surface area contributed by atoms with Gasteiger partial charge in [-0.2, -0.15) is 4.98 Å². The zero-order valence-electron chi connectivity index (χ0n) is 15.5. The fraction of sp³-hybridized carbons (Fsp3) is 0.190. The van der Waals surface area contributed by atoms with E-state index in [1.54, 1.807) is 25.1 Å². The van der Waals surface area contributed by atoms with Crippen molar-refractivity contribution in [2.75, 3.05) is 6.61 Å². The number of carboxylic acids is 1. The molecule has 1 aliphatic carbocycles. The number of aliphatic hydroxyl groups is 1. The number of aliphatic hydroxyl groups excluding tert-OH is 1. The van der Waals surface area contributed by atoms with Gasteiger partial charge in [-0.3, -0.25) is 0 Å². The summed E-state index contributed by atoms with van der Waals surface area (Å²) in [6.07, 6.45) is 6.40. The van der Waals surface area contributed by atoms with Crippen LogP contribution in [0.15, 0.2) is 48.1 Å². The Balaban J connectivity index is 1.64. The molecule has 2 aromatic heterocycles. The van der Waals surface area contributed by atoms with E-state index >= 15 is 0 Å². The molecule has 29 heavy (non-hydrogen) atoms. The number of aryl methyl sites for hydroxylation is 1. The highest BCUT2D eigenvalue weighted by Gasteiger charge is 2.20. The Bertz CT molecular complexity index is 1170. The van der Waals surface area contributed by atoms with Crippen molar-refractivity contribution in [3.05, 3.63) is 69.9 Å². The van der Waals surface area contributed by atoms with Crippen molar-refractivity contribution >= 4 is 28.7 Å². The molecule has 148 valence electrons. The number of benzene rings is 1. The Labute approximate surface area is 171 Å². The van der Waals surface area contributed by atoms with Gasteiger partial charge in [-0.05, 0) is 42.7 Å². The van der Waals surface area contributed by atoms with Crippen LogP contribution in [-0.4, -0.2) is 37.7 Å². The maximum Gasteiger partial charge on any atom is 0.336 e. The minimum Gasteiger partial charge on any atom is -0.478 e. The van der Waals surface area contributed by atoms with Gasteiger partial charge >= 0.3 is 12.0 Å². The highest BCUT2D eigenvalue weighted by Crippen LogP contribution is 2.34. The van der Waals surface area contributed by atoms with Crippen LogP contribution in [0.4, 0.5) is 0 Å². The predicted octanol–water partition coefficient (Wildman–Crippen LogP) is 4.37. The van der Waals surface area contributed by atoms with E-state index in [2.05, 4.69) is 15.0 Å². The van der Waals surface area contributed by atoms with Gasteiger partial charge in [0.2, 0.25) is 0 Å². The summed E-state index contributed by atoms with van der Waals surface area (Å²) >= 11 is 6.44.